The largest absolute Gasteiger partial charge is 0.306 e. The minimum atomic E-state index is -0.502. The molecule has 0 aliphatic rings. The fraction of sp³-hybridized carbons (Fsp3) is 0. The summed E-state index contributed by atoms with van der Waals surface area (Å²) in [5.74, 6) is -0.178. The second-order valence-electron chi connectivity index (χ2n) is 4.47. The first-order valence-corrected chi connectivity index (χ1v) is 7.83. The van der Waals surface area contributed by atoms with Gasteiger partial charge in [-0.3, -0.25) is 14.9 Å². The molecule has 1 amide bonds. The summed E-state index contributed by atoms with van der Waals surface area (Å²) >= 11 is 12.9. The van der Waals surface area contributed by atoms with Crippen molar-refractivity contribution in [1.29, 1.82) is 0 Å². The quantitative estimate of drug-likeness (QED) is 0.533. The van der Waals surface area contributed by atoms with Gasteiger partial charge in [-0.1, -0.05) is 35.3 Å². The molecule has 6 nitrogen and oxygen atoms in total. The van der Waals surface area contributed by atoms with E-state index in [0.29, 0.717) is 20.9 Å². The molecule has 0 bridgehead atoms. The van der Waals surface area contributed by atoms with Crippen LogP contribution in [0.4, 0.5) is 11.5 Å². The Kier molecular flexibility index (Phi) is 4.16. The highest BCUT2D eigenvalue weighted by atomic mass is 35.5. The number of benzene rings is 1. The number of nitro groups is 1. The molecular weight excluding hydrogens is 361 g/mol. The first-order chi connectivity index (χ1) is 11.0. The summed E-state index contributed by atoms with van der Waals surface area (Å²) in [5, 5.41) is 14.8. The number of aromatic nitrogens is 1. The molecule has 116 valence electrons. The Morgan fingerprint density at radius 3 is 2.70 bits per heavy atom. The predicted molar refractivity (Wildman–Crippen MR) is 90.7 cm³/mol. The number of halogens is 2. The molecule has 0 aliphatic carbocycles. The Morgan fingerprint density at radius 2 is 2.04 bits per heavy atom. The van der Waals surface area contributed by atoms with Gasteiger partial charge in [0, 0.05) is 17.6 Å². The lowest BCUT2D eigenvalue weighted by Gasteiger charge is -2.02. The van der Waals surface area contributed by atoms with Crippen LogP contribution in [0.25, 0.3) is 10.1 Å². The highest BCUT2D eigenvalue weighted by molar-refractivity contribution is 7.22. The lowest BCUT2D eigenvalue weighted by atomic mass is 10.2. The zero-order chi connectivity index (χ0) is 16.6. The maximum absolute atomic E-state index is 12.3. The van der Waals surface area contributed by atoms with Gasteiger partial charge in [-0.15, -0.1) is 11.3 Å². The van der Waals surface area contributed by atoms with Crippen molar-refractivity contribution < 1.29 is 9.72 Å². The number of hydrogen-bond acceptors (Lipinski definition) is 5. The Bertz CT molecular complexity index is 925. The summed E-state index contributed by atoms with van der Waals surface area (Å²) in [4.78, 5) is 27.1. The third kappa shape index (κ3) is 2.98. The zero-order valence-corrected chi connectivity index (χ0v) is 13.6. The van der Waals surface area contributed by atoms with Crippen LogP contribution in [0.15, 0.2) is 36.5 Å². The minimum Gasteiger partial charge on any atom is -0.306 e. The molecule has 3 rings (SSSR count). The van der Waals surface area contributed by atoms with Crippen LogP contribution >= 0.6 is 34.5 Å². The van der Waals surface area contributed by atoms with Gasteiger partial charge >= 0.3 is 0 Å². The van der Waals surface area contributed by atoms with Crippen LogP contribution < -0.4 is 5.32 Å². The molecule has 1 aromatic carbocycles. The number of rotatable bonds is 3. The molecule has 0 atom stereocenters. The SMILES string of the molecule is O=C(Nc1ccc(Cl)cn1)c1sc2c([N+](=O)[O-])cccc2c1Cl. The molecule has 0 fully saturated rings. The van der Waals surface area contributed by atoms with E-state index in [4.69, 9.17) is 23.2 Å². The van der Waals surface area contributed by atoms with E-state index in [2.05, 4.69) is 10.3 Å². The molecule has 0 saturated heterocycles. The van der Waals surface area contributed by atoms with E-state index in [-0.39, 0.29) is 15.6 Å². The molecule has 0 spiro atoms. The van der Waals surface area contributed by atoms with E-state index < -0.39 is 10.8 Å². The van der Waals surface area contributed by atoms with Crippen molar-refractivity contribution in [2.75, 3.05) is 5.32 Å². The first kappa shape index (κ1) is 15.7. The number of amides is 1. The molecule has 1 N–H and O–H groups in total. The number of nitro benzene ring substituents is 1. The molecule has 3 aromatic rings. The van der Waals surface area contributed by atoms with E-state index in [0.717, 1.165) is 11.3 Å². The number of anilines is 1. The molecule has 9 heteroatoms. The second-order valence-corrected chi connectivity index (χ2v) is 6.31. The van der Waals surface area contributed by atoms with Gasteiger partial charge in [-0.05, 0) is 12.1 Å². The number of carbonyl (C=O) groups is 1. The van der Waals surface area contributed by atoms with Gasteiger partial charge in [0.1, 0.15) is 15.4 Å². The van der Waals surface area contributed by atoms with Crippen molar-refractivity contribution in [3.63, 3.8) is 0 Å². The van der Waals surface area contributed by atoms with E-state index in [1.165, 1.54) is 18.3 Å². The van der Waals surface area contributed by atoms with Crippen molar-refractivity contribution in [3.8, 4) is 0 Å². The molecular formula is C14H7Cl2N3O3S. The van der Waals surface area contributed by atoms with Gasteiger partial charge in [-0.25, -0.2) is 4.98 Å². The van der Waals surface area contributed by atoms with Crippen LogP contribution in [0.3, 0.4) is 0 Å². The predicted octanol–water partition coefficient (Wildman–Crippen LogP) is 4.76. The Labute approximate surface area is 143 Å². The molecule has 0 saturated carbocycles. The average Bonchev–Trinajstić information content (AvgIpc) is 2.87. The van der Waals surface area contributed by atoms with Crippen molar-refractivity contribution in [1.82, 2.24) is 4.98 Å². The molecule has 23 heavy (non-hydrogen) atoms. The van der Waals surface area contributed by atoms with Gasteiger partial charge in [0.05, 0.1) is 15.0 Å². The van der Waals surface area contributed by atoms with Crippen LogP contribution in [-0.4, -0.2) is 15.8 Å². The number of nitrogens with zero attached hydrogens (tertiary/aromatic N) is 2. The maximum atomic E-state index is 12.3. The summed E-state index contributed by atoms with van der Waals surface area (Å²) < 4.78 is 0.358. The summed E-state index contributed by atoms with van der Waals surface area (Å²) in [6.45, 7) is 0. The highest BCUT2D eigenvalue weighted by Crippen LogP contribution is 2.40. The van der Waals surface area contributed by atoms with Crippen LogP contribution in [0.1, 0.15) is 9.67 Å². The fourth-order valence-electron chi connectivity index (χ4n) is 1.99. The Morgan fingerprint density at radius 1 is 1.26 bits per heavy atom. The van der Waals surface area contributed by atoms with Crippen molar-refractivity contribution in [2.24, 2.45) is 0 Å². The number of thiophene rings is 1. The van der Waals surface area contributed by atoms with Crippen LogP contribution in [0.2, 0.25) is 10.0 Å². The second kappa shape index (κ2) is 6.11. The monoisotopic (exact) mass is 367 g/mol. The van der Waals surface area contributed by atoms with E-state index in [1.807, 2.05) is 0 Å². The standard InChI is InChI=1S/C14H7Cl2N3O3S/c15-7-4-5-10(17-6-7)18-14(20)13-11(16)8-2-1-3-9(19(21)22)12(8)23-13/h1-6H,(H,17,18,20). The zero-order valence-electron chi connectivity index (χ0n) is 11.2. The molecule has 0 aliphatic heterocycles. The van der Waals surface area contributed by atoms with Crippen molar-refractivity contribution >= 4 is 62.0 Å². The smallest absolute Gasteiger partial charge is 0.287 e. The third-order valence-electron chi connectivity index (χ3n) is 3.01. The van der Waals surface area contributed by atoms with Crippen LogP contribution in [0.5, 0.6) is 0 Å². The van der Waals surface area contributed by atoms with Gasteiger partial charge in [0.25, 0.3) is 11.6 Å². The first-order valence-electron chi connectivity index (χ1n) is 6.25. The van der Waals surface area contributed by atoms with Crippen LogP contribution in [0, 0.1) is 10.1 Å². The summed E-state index contributed by atoms with van der Waals surface area (Å²) in [6.07, 6.45) is 1.40. The summed E-state index contributed by atoms with van der Waals surface area (Å²) in [7, 11) is 0. The third-order valence-corrected chi connectivity index (χ3v) is 4.96. The van der Waals surface area contributed by atoms with Gasteiger partial charge in [0.15, 0.2) is 0 Å². The molecule has 0 unspecified atom stereocenters. The number of non-ortho nitro benzene ring substituents is 1. The summed E-state index contributed by atoms with van der Waals surface area (Å²) in [5.41, 5.74) is -0.0851. The minimum absolute atomic E-state index is 0.0851. The lowest BCUT2D eigenvalue weighted by molar-refractivity contribution is -0.382. The molecule has 2 heterocycles. The average molecular weight is 368 g/mol. The maximum Gasteiger partial charge on any atom is 0.287 e. The van der Waals surface area contributed by atoms with E-state index >= 15 is 0 Å². The Balaban J connectivity index is 2.01. The molecule has 0 radical (unpaired) electrons. The van der Waals surface area contributed by atoms with Gasteiger partial charge < -0.3 is 5.32 Å². The van der Waals surface area contributed by atoms with Crippen molar-refractivity contribution in [3.05, 3.63) is 61.6 Å². The van der Waals surface area contributed by atoms with Crippen molar-refractivity contribution in [2.45, 2.75) is 0 Å². The Hall–Kier alpha value is -2.22. The molecule has 2 aromatic heterocycles. The lowest BCUT2D eigenvalue weighted by Crippen LogP contribution is -2.11. The van der Waals surface area contributed by atoms with E-state index in [1.54, 1.807) is 18.2 Å². The number of nitrogens with one attached hydrogen (secondary N) is 1. The van der Waals surface area contributed by atoms with Crippen LogP contribution in [-0.2, 0) is 0 Å². The number of hydrogen-bond donors (Lipinski definition) is 1. The highest BCUT2D eigenvalue weighted by Gasteiger charge is 2.22. The topological polar surface area (TPSA) is 85.1 Å². The number of carbonyl (C=O) groups excluding carboxylic acids is 1. The fourth-order valence-corrected chi connectivity index (χ4v) is 3.59. The van der Waals surface area contributed by atoms with Gasteiger partial charge in [-0.2, -0.15) is 0 Å². The number of fused-ring (bicyclic) bond motifs is 1. The van der Waals surface area contributed by atoms with Gasteiger partial charge in [0.2, 0.25) is 0 Å². The van der Waals surface area contributed by atoms with E-state index in [9.17, 15) is 14.9 Å². The summed E-state index contributed by atoms with van der Waals surface area (Å²) in [6, 6.07) is 7.67. The normalized spacial score (nSPS) is 10.7. The number of pyridine rings is 1.